The van der Waals surface area contributed by atoms with Crippen molar-refractivity contribution in [2.75, 3.05) is 13.7 Å². The second-order valence-electron chi connectivity index (χ2n) is 12.7. The van der Waals surface area contributed by atoms with Gasteiger partial charge in [-0.2, -0.15) is 0 Å². The highest BCUT2D eigenvalue weighted by molar-refractivity contribution is 6.05. The Hall–Kier alpha value is -5.42. The van der Waals surface area contributed by atoms with E-state index in [4.69, 9.17) is 23.7 Å². The number of aliphatic hydroxyl groups is 1. The van der Waals surface area contributed by atoms with Crippen molar-refractivity contribution in [1.82, 2.24) is 0 Å². The first kappa shape index (κ1) is 33.5. The number of carbonyl (C=O) groups excluding carboxylic acids is 2. The van der Waals surface area contributed by atoms with Gasteiger partial charge in [0.05, 0.1) is 13.0 Å². The monoisotopic (exact) mass is 670 g/mol. The summed E-state index contributed by atoms with van der Waals surface area (Å²) in [6, 6.07) is 19.5. The molecule has 0 aliphatic carbocycles. The number of ketones is 1. The van der Waals surface area contributed by atoms with Crippen LogP contribution in [-0.4, -0.2) is 58.1 Å². The fourth-order valence-corrected chi connectivity index (χ4v) is 6.11. The number of Topliss-reactive ketones (excluding diaryl/α,β-unsaturated/α-hetero) is 1. The number of phenols is 3. The number of benzene rings is 4. The van der Waals surface area contributed by atoms with Crippen LogP contribution in [0.3, 0.4) is 0 Å². The van der Waals surface area contributed by atoms with Gasteiger partial charge < -0.3 is 44.1 Å². The van der Waals surface area contributed by atoms with Gasteiger partial charge >= 0.3 is 5.97 Å². The van der Waals surface area contributed by atoms with Crippen molar-refractivity contribution < 1.29 is 53.7 Å². The maximum Gasteiger partial charge on any atom is 0.313 e. The number of carbonyl (C=O) groups is 2. The van der Waals surface area contributed by atoms with Crippen LogP contribution in [0.4, 0.5) is 0 Å². The van der Waals surface area contributed by atoms with Crippen LogP contribution in [-0.2, 0) is 16.0 Å². The number of methoxy groups -OCH3 is 1. The third kappa shape index (κ3) is 6.80. The highest BCUT2D eigenvalue weighted by atomic mass is 16.6. The topological polar surface area (TPSA) is 161 Å². The normalized spacial score (nSPS) is 20.2. The quantitative estimate of drug-likeness (QED) is 0.157. The second kappa shape index (κ2) is 13.6. The van der Waals surface area contributed by atoms with Gasteiger partial charge in [0.25, 0.3) is 0 Å². The van der Waals surface area contributed by atoms with Gasteiger partial charge in [-0.05, 0) is 60.2 Å². The Morgan fingerprint density at radius 1 is 0.796 bits per heavy atom. The summed E-state index contributed by atoms with van der Waals surface area (Å²) < 4.78 is 29.7. The van der Waals surface area contributed by atoms with E-state index in [1.54, 1.807) is 37.3 Å². The number of phenolic OH excluding ortho intramolecular Hbond substituents is 3. The average Bonchev–Trinajstić information content (AvgIpc) is 3.07. The van der Waals surface area contributed by atoms with Crippen molar-refractivity contribution in [3.8, 4) is 40.2 Å². The van der Waals surface area contributed by atoms with Gasteiger partial charge in [-0.1, -0.05) is 50.2 Å². The van der Waals surface area contributed by atoms with Crippen molar-refractivity contribution in [2.45, 2.75) is 57.5 Å². The molecule has 2 heterocycles. The molecule has 0 spiro atoms. The summed E-state index contributed by atoms with van der Waals surface area (Å²) in [5, 5.41) is 41.3. The van der Waals surface area contributed by atoms with Crippen molar-refractivity contribution in [3.63, 3.8) is 0 Å². The van der Waals surface area contributed by atoms with E-state index in [2.05, 4.69) is 13.8 Å². The second-order valence-corrected chi connectivity index (χ2v) is 12.7. The first-order valence-electron chi connectivity index (χ1n) is 16.0. The van der Waals surface area contributed by atoms with Gasteiger partial charge in [-0.3, -0.25) is 9.59 Å². The number of rotatable bonds is 9. The van der Waals surface area contributed by atoms with E-state index in [1.165, 1.54) is 24.8 Å². The van der Waals surface area contributed by atoms with E-state index < -0.39 is 47.8 Å². The minimum atomic E-state index is -1.66. The summed E-state index contributed by atoms with van der Waals surface area (Å²) in [7, 11) is 1.42. The smallest absolute Gasteiger partial charge is 0.313 e. The number of fused-ring (bicyclic) bond motifs is 2. The summed E-state index contributed by atoms with van der Waals surface area (Å²) >= 11 is 0. The average molecular weight is 671 g/mol. The van der Waals surface area contributed by atoms with Crippen molar-refractivity contribution >= 4 is 11.8 Å². The van der Waals surface area contributed by atoms with Gasteiger partial charge in [-0.25, -0.2) is 0 Å². The van der Waals surface area contributed by atoms with E-state index in [1.807, 2.05) is 24.3 Å². The standard InChI is InChI=1S/C38H38O11/c1-19(2)13-21-5-7-22(8-6-21)20(3)38(44)46-18-32-36(23-9-11-26(40)29(14-23)45-4)48-30-15-24(10-12-28(30)47-32)37-35(43)34(42)33-27(41)16-25(39)17-31(33)49-37/h5-12,14-17,19-20,32,35-37,39-41,43H,13,18H2,1-4H3/t20?,32-,35?,36?,37-/m0/s1. The first-order valence-corrected chi connectivity index (χ1v) is 16.0. The Labute approximate surface area is 283 Å². The maximum atomic E-state index is 13.2. The van der Waals surface area contributed by atoms with E-state index in [0.29, 0.717) is 22.8 Å². The fraction of sp³-hybridized carbons (Fsp3) is 0.316. The van der Waals surface area contributed by atoms with Gasteiger partial charge in [0.2, 0.25) is 5.78 Å². The molecule has 3 unspecified atom stereocenters. The molecule has 4 aromatic rings. The summed E-state index contributed by atoms with van der Waals surface area (Å²) in [5.74, 6) is -1.43. The maximum absolute atomic E-state index is 13.2. The van der Waals surface area contributed by atoms with Crippen LogP contribution in [0.1, 0.15) is 71.5 Å². The van der Waals surface area contributed by atoms with E-state index in [-0.39, 0.29) is 40.9 Å². The molecular weight excluding hydrogens is 632 g/mol. The summed E-state index contributed by atoms with van der Waals surface area (Å²) in [4.78, 5) is 26.2. The zero-order valence-corrected chi connectivity index (χ0v) is 27.5. The fourth-order valence-electron chi connectivity index (χ4n) is 6.11. The van der Waals surface area contributed by atoms with E-state index >= 15 is 0 Å². The van der Waals surface area contributed by atoms with Gasteiger partial charge in [0.15, 0.2) is 47.4 Å². The third-order valence-electron chi connectivity index (χ3n) is 8.69. The molecule has 11 heteroatoms. The number of aliphatic hydroxyl groups excluding tert-OH is 1. The third-order valence-corrected chi connectivity index (χ3v) is 8.69. The molecule has 0 saturated carbocycles. The molecule has 0 saturated heterocycles. The predicted octanol–water partition coefficient (Wildman–Crippen LogP) is 5.92. The Balaban J connectivity index is 1.25. The molecule has 49 heavy (non-hydrogen) atoms. The highest BCUT2D eigenvalue weighted by Gasteiger charge is 2.41. The number of hydrogen-bond acceptors (Lipinski definition) is 11. The molecule has 11 nitrogen and oxygen atoms in total. The lowest BCUT2D eigenvalue weighted by Crippen LogP contribution is -2.38. The molecule has 4 N–H and O–H groups in total. The minimum absolute atomic E-state index is 0.0765. The number of aromatic hydroxyl groups is 3. The lowest BCUT2D eigenvalue weighted by atomic mass is 9.92. The zero-order chi connectivity index (χ0) is 35.0. The molecule has 6 rings (SSSR count). The number of ether oxygens (including phenoxy) is 5. The van der Waals surface area contributed by atoms with Crippen LogP contribution >= 0.6 is 0 Å². The molecule has 0 bridgehead atoms. The van der Waals surface area contributed by atoms with Gasteiger partial charge in [-0.15, -0.1) is 0 Å². The zero-order valence-electron chi connectivity index (χ0n) is 27.5. The van der Waals surface area contributed by atoms with Gasteiger partial charge in [0, 0.05) is 17.7 Å². The van der Waals surface area contributed by atoms with Crippen LogP contribution in [0.5, 0.6) is 40.2 Å². The van der Waals surface area contributed by atoms with Crippen LogP contribution in [0.25, 0.3) is 0 Å². The summed E-state index contributed by atoms with van der Waals surface area (Å²) in [6.07, 6.45) is -3.57. The van der Waals surface area contributed by atoms with Crippen LogP contribution < -0.4 is 18.9 Å². The number of esters is 1. The molecule has 256 valence electrons. The lowest BCUT2D eigenvalue weighted by molar-refractivity contribution is -0.150. The lowest BCUT2D eigenvalue weighted by Gasteiger charge is -2.35. The molecular formula is C38H38O11. The minimum Gasteiger partial charge on any atom is -0.508 e. The Kier molecular flexibility index (Phi) is 9.29. The molecule has 0 aromatic heterocycles. The molecule has 2 aliphatic rings. The molecule has 0 amide bonds. The molecule has 4 aromatic carbocycles. The van der Waals surface area contributed by atoms with E-state index in [9.17, 15) is 30.0 Å². The van der Waals surface area contributed by atoms with Crippen molar-refractivity contribution in [2.24, 2.45) is 5.92 Å². The Bertz CT molecular complexity index is 1870. The van der Waals surface area contributed by atoms with E-state index in [0.717, 1.165) is 18.1 Å². The van der Waals surface area contributed by atoms with Crippen LogP contribution in [0.2, 0.25) is 0 Å². The van der Waals surface area contributed by atoms with Gasteiger partial charge in [0.1, 0.15) is 29.4 Å². The number of hydrogen-bond donors (Lipinski definition) is 4. The SMILES string of the molecule is COc1cc(C2Oc3cc([C@@H]4Oc5cc(O)cc(O)c5C(=O)C4O)ccc3O[C@H]2COC(=O)C(C)c2ccc(CC(C)C)cc2)ccc1O. The van der Waals surface area contributed by atoms with Crippen molar-refractivity contribution in [1.29, 1.82) is 0 Å². The highest BCUT2D eigenvalue weighted by Crippen LogP contribution is 2.46. The molecule has 0 radical (unpaired) electrons. The van der Waals surface area contributed by atoms with Crippen LogP contribution in [0.15, 0.2) is 72.8 Å². The molecule has 2 aliphatic heterocycles. The van der Waals surface area contributed by atoms with Crippen LogP contribution in [0, 0.1) is 5.92 Å². The molecule has 0 fully saturated rings. The Morgan fingerprint density at radius 3 is 2.20 bits per heavy atom. The largest absolute Gasteiger partial charge is 0.508 e. The van der Waals surface area contributed by atoms with Crippen molar-refractivity contribution in [3.05, 3.63) is 101 Å². The Morgan fingerprint density at radius 2 is 1.49 bits per heavy atom. The summed E-state index contributed by atoms with van der Waals surface area (Å²) in [5.41, 5.74) is 2.71. The molecule has 5 atom stereocenters. The summed E-state index contributed by atoms with van der Waals surface area (Å²) in [6.45, 7) is 5.93. The predicted molar refractivity (Wildman–Crippen MR) is 177 cm³/mol. The first-order chi connectivity index (χ1) is 23.4.